The quantitative estimate of drug-likeness (QED) is 0.303. The van der Waals surface area contributed by atoms with E-state index in [2.05, 4.69) is 20.5 Å². The highest BCUT2D eigenvalue weighted by Gasteiger charge is 2.26. The Morgan fingerprint density at radius 3 is 2.75 bits per heavy atom. The molecular formula is C27H36N4O5. The van der Waals surface area contributed by atoms with Crippen molar-refractivity contribution >= 4 is 0 Å². The lowest BCUT2D eigenvalue weighted by Crippen LogP contribution is -2.51. The van der Waals surface area contributed by atoms with Crippen LogP contribution >= 0.6 is 0 Å². The normalized spacial score (nSPS) is 15.7. The Kier molecular flexibility index (Phi) is 8.90. The van der Waals surface area contributed by atoms with E-state index < -0.39 is 5.91 Å². The number of hydrogen-bond donors (Lipinski definition) is 3. The molecule has 2 aromatic heterocycles. The van der Waals surface area contributed by atoms with Crippen molar-refractivity contribution in [2.45, 2.75) is 64.7 Å². The molecule has 0 radical (unpaired) electrons. The third-order valence-electron chi connectivity index (χ3n) is 6.54. The van der Waals surface area contributed by atoms with Crippen LogP contribution in [0.1, 0.15) is 56.0 Å². The number of aliphatic hydroxyl groups is 2. The third-order valence-corrected chi connectivity index (χ3v) is 6.54. The molecule has 194 valence electrons. The number of hydrogen-bond acceptors (Lipinski definition) is 9. The van der Waals surface area contributed by atoms with E-state index in [0.29, 0.717) is 60.8 Å². The lowest BCUT2D eigenvalue weighted by molar-refractivity contribution is -0.166. The van der Waals surface area contributed by atoms with Gasteiger partial charge in [-0.15, -0.1) is 10.2 Å². The third kappa shape index (κ3) is 6.81. The summed E-state index contributed by atoms with van der Waals surface area (Å²) in [6.45, 7) is 4.55. The number of aryl methyl sites for hydroxylation is 3. The summed E-state index contributed by atoms with van der Waals surface area (Å²) in [6.07, 6.45) is 8.30. The number of ether oxygens (including phenoxy) is 2. The molecule has 1 aliphatic rings. The SMILES string of the molecule is CC[C@@](O)(NCCO)Oc1ccc(CCc2nnc(-c3cccnc3OCC3CCCC3)o2)cc1C. The number of benzene rings is 1. The van der Waals surface area contributed by atoms with E-state index >= 15 is 0 Å². The van der Waals surface area contributed by atoms with Crippen LogP contribution in [0.25, 0.3) is 11.5 Å². The maximum absolute atomic E-state index is 10.6. The summed E-state index contributed by atoms with van der Waals surface area (Å²) >= 11 is 0. The van der Waals surface area contributed by atoms with Gasteiger partial charge in [0.2, 0.25) is 11.8 Å². The Hall–Kier alpha value is -3.01. The van der Waals surface area contributed by atoms with E-state index in [1.165, 1.54) is 25.7 Å². The highest BCUT2D eigenvalue weighted by Crippen LogP contribution is 2.30. The molecule has 0 unspecified atom stereocenters. The number of aliphatic hydroxyl groups excluding tert-OH is 1. The smallest absolute Gasteiger partial charge is 0.267 e. The molecule has 1 saturated carbocycles. The van der Waals surface area contributed by atoms with Gasteiger partial charge in [0, 0.05) is 25.6 Å². The number of aromatic nitrogens is 3. The van der Waals surface area contributed by atoms with Gasteiger partial charge < -0.3 is 24.1 Å². The number of nitrogens with one attached hydrogen (secondary N) is 1. The Balaban J connectivity index is 1.36. The predicted molar refractivity (Wildman–Crippen MR) is 135 cm³/mol. The van der Waals surface area contributed by atoms with Gasteiger partial charge in [0.1, 0.15) is 11.3 Å². The van der Waals surface area contributed by atoms with Crippen LogP contribution in [-0.4, -0.2) is 51.1 Å². The van der Waals surface area contributed by atoms with Crippen molar-refractivity contribution in [1.82, 2.24) is 20.5 Å². The zero-order valence-corrected chi connectivity index (χ0v) is 21.1. The summed E-state index contributed by atoms with van der Waals surface area (Å²) in [5.41, 5.74) is 2.70. The zero-order valence-electron chi connectivity index (χ0n) is 21.1. The van der Waals surface area contributed by atoms with Crippen LogP contribution in [0.4, 0.5) is 0 Å². The van der Waals surface area contributed by atoms with Gasteiger partial charge in [-0.1, -0.05) is 31.9 Å². The molecule has 2 heterocycles. The maximum Gasteiger partial charge on any atom is 0.267 e. The van der Waals surface area contributed by atoms with E-state index in [1.54, 1.807) is 6.20 Å². The fourth-order valence-electron chi connectivity index (χ4n) is 4.41. The molecule has 0 saturated heterocycles. The first kappa shape index (κ1) is 26.1. The van der Waals surface area contributed by atoms with Crippen molar-refractivity contribution in [2.24, 2.45) is 5.92 Å². The Morgan fingerprint density at radius 2 is 2.00 bits per heavy atom. The average molecular weight is 497 g/mol. The minimum Gasteiger partial charge on any atom is -0.477 e. The Labute approximate surface area is 211 Å². The summed E-state index contributed by atoms with van der Waals surface area (Å²) in [5.74, 6) is 1.13. The van der Waals surface area contributed by atoms with E-state index in [9.17, 15) is 5.11 Å². The molecule has 0 bridgehead atoms. The van der Waals surface area contributed by atoms with Crippen LogP contribution in [-0.2, 0) is 12.8 Å². The van der Waals surface area contributed by atoms with Crippen LogP contribution in [0.15, 0.2) is 40.9 Å². The molecule has 1 aliphatic carbocycles. The number of rotatable bonds is 13. The van der Waals surface area contributed by atoms with Crippen LogP contribution in [0.5, 0.6) is 11.6 Å². The van der Waals surface area contributed by atoms with Crippen molar-refractivity contribution in [3.8, 4) is 23.1 Å². The predicted octanol–water partition coefficient (Wildman–Crippen LogP) is 3.81. The van der Waals surface area contributed by atoms with E-state index in [1.807, 2.05) is 44.2 Å². The summed E-state index contributed by atoms with van der Waals surface area (Å²) < 4.78 is 17.8. The molecule has 0 aliphatic heterocycles. The molecule has 1 fully saturated rings. The maximum atomic E-state index is 10.6. The topological polar surface area (TPSA) is 123 Å². The lowest BCUT2D eigenvalue weighted by atomic mass is 10.1. The largest absolute Gasteiger partial charge is 0.477 e. The second kappa shape index (κ2) is 12.3. The minimum atomic E-state index is -1.53. The first-order chi connectivity index (χ1) is 17.5. The molecule has 4 rings (SSSR count). The van der Waals surface area contributed by atoms with Crippen LogP contribution < -0.4 is 14.8 Å². The van der Waals surface area contributed by atoms with Gasteiger partial charge >= 0.3 is 0 Å². The summed E-state index contributed by atoms with van der Waals surface area (Å²) in [5, 5.41) is 30.9. The van der Waals surface area contributed by atoms with Gasteiger partial charge in [0.15, 0.2) is 0 Å². The molecule has 3 N–H and O–H groups in total. The summed E-state index contributed by atoms with van der Waals surface area (Å²) in [4.78, 5) is 4.39. The van der Waals surface area contributed by atoms with Crippen LogP contribution in [0.2, 0.25) is 0 Å². The zero-order chi connectivity index (χ0) is 25.4. The first-order valence-electron chi connectivity index (χ1n) is 12.8. The standard InChI is InChI=1S/C27H36N4O5/c1-3-27(33,29-15-16-32)36-23-12-10-20(17-19(23)2)11-13-24-30-31-26(35-24)22-9-6-14-28-25(22)34-18-21-7-4-5-8-21/h6,9-10,12,14,17,21,29,32-33H,3-5,7-8,11,13,15-16,18H2,1-2H3/t27-/m0/s1. The van der Waals surface area contributed by atoms with Crippen LogP contribution in [0, 0.1) is 12.8 Å². The van der Waals surface area contributed by atoms with Gasteiger partial charge in [-0.05, 0) is 61.4 Å². The van der Waals surface area contributed by atoms with Gasteiger partial charge in [0.05, 0.1) is 13.2 Å². The van der Waals surface area contributed by atoms with E-state index in [0.717, 1.165) is 11.1 Å². The summed E-state index contributed by atoms with van der Waals surface area (Å²) in [6, 6.07) is 9.55. The monoisotopic (exact) mass is 496 g/mol. The lowest BCUT2D eigenvalue weighted by Gasteiger charge is -2.29. The van der Waals surface area contributed by atoms with Crippen molar-refractivity contribution in [1.29, 1.82) is 0 Å². The first-order valence-corrected chi connectivity index (χ1v) is 12.8. The van der Waals surface area contributed by atoms with E-state index in [-0.39, 0.29) is 13.2 Å². The number of pyridine rings is 1. The molecular weight excluding hydrogens is 460 g/mol. The average Bonchev–Trinajstić information content (AvgIpc) is 3.59. The number of nitrogens with zero attached hydrogens (tertiary/aromatic N) is 3. The molecule has 0 spiro atoms. The van der Waals surface area contributed by atoms with Crippen LogP contribution in [0.3, 0.4) is 0 Å². The molecule has 3 aromatic rings. The van der Waals surface area contributed by atoms with Crippen molar-refractivity contribution in [3.05, 3.63) is 53.5 Å². The fraction of sp³-hybridized carbons (Fsp3) is 0.519. The van der Waals surface area contributed by atoms with Gasteiger partial charge in [-0.2, -0.15) is 0 Å². The highest BCUT2D eigenvalue weighted by atomic mass is 16.6. The van der Waals surface area contributed by atoms with Gasteiger partial charge in [-0.25, -0.2) is 4.98 Å². The second-order valence-corrected chi connectivity index (χ2v) is 9.31. The van der Waals surface area contributed by atoms with Crippen molar-refractivity contribution < 1.29 is 24.1 Å². The minimum absolute atomic E-state index is 0.0867. The molecule has 36 heavy (non-hydrogen) atoms. The van der Waals surface area contributed by atoms with Gasteiger partial charge in [-0.3, -0.25) is 5.32 Å². The fourth-order valence-corrected chi connectivity index (χ4v) is 4.41. The van der Waals surface area contributed by atoms with E-state index in [4.69, 9.17) is 19.0 Å². The highest BCUT2D eigenvalue weighted by molar-refractivity contribution is 5.59. The van der Waals surface area contributed by atoms with Crippen molar-refractivity contribution in [2.75, 3.05) is 19.8 Å². The van der Waals surface area contributed by atoms with Crippen molar-refractivity contribution in [3.63, 3.8) is 0 Å². The molecule has 9 nitrogen and oxygen atoms in total. The molecule has 9 heteroatoms. The van der Waals surface area contributed by atoms with Gasteiger partial charge in [0.25, 0.3) is 11.8 Å². The Morgan fingerprint density at radius 1 is 1.17 bits per heavy atom. The second-order valence-electron chi connectivity index (χ2n) is 9.31. The molecule has 0 amide bonds. The molecule has 1 atom stereocenters. The summed E-state index contributed by atoms with van der Waals surface area (Å²) in [7, 11) is 0. The molecule has 1 aromatic carbocycles. The Bertz CT molecular complexity index is 1120.